The number of rotatable bonds is 7. The molecule has 11 nitrogen and oxygen atoms in total. The Labute approximate surface area is 220 Å². The second-order valence-corrected chi connectivity index (χ2v) is 8.52. The fourth-order valence-electron chi connectivity index (χ4n) is 3.51. The molecular weight excluding hydrogens is 516 g/mol. The number of amides is 5. The number of ether oxygens (including phenoxy) is 1. The van der Waals surface area contributed by atoms with Gasteiger partial charge >= 0.3 is 6.03 Å². The van der Waals surface area contributed by atoms with Gasteiger partial charge in [-0.2, -0.15) is 0 Å². The Balaban J connectivity index is 1.49. The van der Waals surface area contributed by atoms with Crippen molar-refractivity contribution in [1.82, 2.24) is 5.32 Å². The van der Waals surface area contributed by atoms with E-state index in [0.29, 0.717) is 21.2 Å². The van der Waals surface area contributed by atoms with Gasteiger partial charge in [0.2, 0.25) is 0 Å². The van der Waals surface area contributed by atoms with Gasteiger partial charge < -0.3 is 10.1 Å². The molecule has 0 atom stereocenters. The summed E-state index contributed by atoms with van der Waals surface area (Å²) in [6.07, 6.45) is 1.25. The summed E-state index contributed by atoms with van der Waals surface area (Å²) in [5, 5.41) is 16.3. The molecule has 1 fully saturated rings. The minimum Gasteiger partial charge on any atom is -0.484 e. The fraction of sp³-hybridized carbons (Fsp3) is 0.0769. The molecule has 1 aliphatic heterocycles. The van der Waals surface area contributed by atoms with Crippen molar-refractivity contribution < 1.29 is 28.8 Å². The Morgan fingerprint density at radius 1 is 1.11 bits per heavy atom. The molecule has 1 heterocycles. The summed E-state index contributed by atoms with van der Waals surface area (Å²) >= 11 is 6.07. The smallest absolute Gasteiger partial charge is 0.335 e. The van der Waals surface area contributed by atoms with Crippen LogP contribution in [0.25, 0.3) is 6.08 Å². The molecule has 0 spiro atoms. The molecular formula is C26H19ClN4O7. The summed E-state index contributed by atoms with van der Waals surface area (Å²) in [6, 6.07) is 15.2. The number of non-ortho nitro benzene ring substituents is 1. The first-order valence-corrected chi connectivity index (χ1v) is 11.4. The number of nitro benzene ring substituents is 1. The monoisotopic (exact) mass is 534 g/mol. The first-order valence-electron chi connectivity index (χ1n) is 11.1. The number of benzene rings is 3. The quantitative estimate of drug-likeness (QED) is 0.199. The number of halogens is 1. The fourth-order valence-corrected chi connectivity index (χ4v) is 3.70. The van der Waals surface area contributed by atoms with Gasteiger partial charge in [0.05, 0.1) is 10.6 Å². The molecule has 0 radical (unpaired) electrons. The summed E-state index contributed by atoms with van der Waals surface area (Å²) < 4.78 is 5.53. The Bertz CT molecular complexity index is 1520. The van der Waals surface area contributed by atoms with Crippen molar-refractivity contribution >= 4 is 58.5 Å². The number of carbonyl (C=O) groups is 4. The van der Waals surface area contributed by atoms with Crippen LogP contribution in [-0.2, 0) is 14.4 Å². The third-order valence-corrected chi connectivity index (χ3v) is 5.80. The van der Waals surface area contributed by atoms with Crippen LogP contribution in [0.15, 0.2) is 72.3 Å². The lowest BCUT2D eigenvalue weighted by molar-refractivity contribution is -0.384. The van der Waals surface area contributed by atoms with E-state index < -0.39 is 28.7 Å². The van der Waals surface area contributed by atoms with E-state index in [1.54, 1.807) is 36.4 Å². The molecule has 0 aliphatic carbocycles. The maximum absolute atomic E-state index is 13.1. The highest BCUT2D eigenvalue weighted by Gasteiger charge is 2.37. The zero-order valence-electron chi connectivity index (χ0n) is 19.8. The van der Waals surface area contributed by atoms with E-state index in [9.17, 15) is 29.3 Å². The van der Waals surface area contributed by atoms with Gasteiger partial charge in [-0.1, -0.05) is 35.9 Å². The average molecular weight is 535 g/mol. The number of hydrogen-bond acceptors (Lipinski definition) is 7. The molecule has 192 valence electrons. The van der Waals surface area contributed by atoms with Crippen LogP contribution < -0.4 is 20.3 Å². The largest absolute Gasteiger partial charge is 0.484 e. The van der Waals surface area contributed by atoms with Crippen molar-refractivity contribution in [1.29, 1.82) is 0 Å². The van der Waals surface area contributed by atoms with Gasteiger partial charge in [0.1, 0.15) is 11.3 Å². The van der Waals surface area contributed by atoms with Crippen LogP contribution in [0.1, 0.15) is 11.1 Å². The predicted molar refractivity (Wildman–Crippen MR) is 139 cm³/mol. The summed E-state index contributed by atoms with van der Waals surface area (Å²) in [5.74, 6) is -2.03. The number of nitrogens with one attached hydrogen (secondary N) is 2. The van der Waals surface area contributed by atoms with Crippen LogP contribution in [0.4, 0.5) is 21.9 Å². The van der Waals surface area contributed by atoms with E-state index >= 15 is 0 Å². The number of barbiturate groups is 1. The highest BCUT2D eigenvalue weighted by molar-refractivity contribution is 6.39. The number of urea groups is 1. The predicted octanol–water partition coefficient (Wildman–Crippen LogP) is 4.24. The molecule has 2 N–H and O–H groups in total. The topological polar surface area (TPSA) is 148 Å². The lowest BCUT2D eigenvalue weighted by Crippen LogP contribution is -2.54. The van der Waals surface area contributed by atoms with Gasteiger partial charge in [-0.15, -0.1) is 0 Å². The standard InChI is InChI=1S/C26H19ClN4O7/c1-15-8-9-17(12-22(15)27)28-23(32)14-38-20-7-2-4-16(10-20)11-21-24(33)29-26(35)30(25(21)34)18-5-3-6-19(13-18)31(36)37/h2-13H,14H2,1H3,(H,28,32)(H,29,33,35)/b21-11-. The van der Waals surface area contributed by atoms with E-state index in [2.05, 4.69) is 10.6 Å². The van der Waals surface area contributed by atoms with Crippen LogP contribution in [0, 0.1) is 17.0 Å². The van der Waals surface area contributed by atoms with Gasteiger partial charge in [-0.3, -0.25) is 29.8 Å². The maximum Gasteiger partial charge on any atom is 0.335 e. The minimum atomic E-state index is -1.03. The number of aryl methyl sites for hydroxylation is 1. The molecule has 1 saturated heterocycles. The second kappa shape index (κ2) is 10.9. The number of imide groups is 2. The zero-order valence-corrected chi connectivity index (χ0v) is 20.5. The van der Waals surface area contributed by atoms with E-state index in [0.717, 1.165) is 11.6 Å². The summed E-state index contributed by atoms with van der Waals surface area (Å²) in [4.78, 5) is 61.2. The van der Waals surface area contributed by atoms with Crippen LogP contribution in [0.2, 0.25) is 5.02 Å². The highest BCUT2D eigenvalue weighted by Crippen LogP contribution is 2.26. The number of hydrogen-bond donors (Lipinski definition) is 2. The third kappa shape index (κ3) is 5.85. The van der Waals surface area contributed by atoms with Crippen molar-refractivity contribution in [3.05, 3.63) is 98.6 Å². The van der Waals surface area contributed by atoms with E-state index in [1.807, 2.05) is 6.92 Å². The molecule has 0 bridgehead atoms. The van der Waals surface area contributed by atoms with Crippen LogP contribution in [-0.4, -0.2) is 35.3 Å². The van der Waals surface area contributed by atoms with Gasteiger partial charge in [0.15, 0.2) is 6.61 Å². The highest BCUT2D eigenvalue weighted by atomic mass is 35.5. The minimum absolute atomic E-state index is 0.0712. The van der Waals surface area contributed by atoms with E-state index in [1.165, 1.54) is 30.3 Å². The molecule has 5 amide bonds. The summed E-state index contributed by atoms with van der Waals surface area (Å²) in [7, 11) is 0. The van der Waals surface area contributed by atoms with Crippen LogP contribution in [0.5, 0.6) is 5.75 Å². The molecule has 1 aliphatic rings. The SMILES string of the molecule is Cc1ccc(NC(=O)COc2cccc(/C=C3/C(=O)NC(=O)N(c4cccc([N+](=O)[O-])c4)C3=O)c2)cc1Cl. The number of anilines is 2. The molecule has 38 heavy (non-hydrogen) atoms. The molecule has 3 aromatic rings. The maximum atomic E-state index is 13.1. The van der Waals surface area contributed by atoms with Crippen molar-refractivity contribution in [2.45, 2.75) is 6.92 Å². The zero-order chi connectivity index (χ0) is 27.4. The Hall–Kier alpha value is -5.03. The summed E-state index contributed by atoms with van der Waals surface area (Å²) in [5.41, 5.74) is 0.983. The van der Waals surface area contributed by atoms with Crippen molar-refractivity contribution in [3.63, 3.8) is 0 Å². The van der Waals surface area contributed by atoms with Gasteiger partial charge in [-0.05, 0) is 54.5 Å². The first-order chi connectivity index (χ1) is 18.1. The molecule has 4 rings (SSSR count). The van der Waals surface area contributed by atoms with E-state index in [-0.39, 0.29) is 29.3 Å². The normalized spacial score (nSPS) is 14.3. The molecule has 0 saturated carbocycles. The van der Waals surface area contributed by atoms with Crippen molar-refractivity contribution in [2.24, 2.45) is 0 Å². The number of nitro groups is 1. The second-order valence-electron chi connectivity index (χ2n) is 8.11. The summed E-state index contributed by atoms with van der Waals surface area (Å²) in [6.45, 7) is 1.52. The van der Waals surface area contributed by atoms with Gasteiger partial charge in [0, 0.05) is 22.8 Å². The van der Waals surface area contributed by atoms with Crippen LogP contribution >= 0.6 is 11.6 Å². The molecule has 0 unspecified atom stereocenters. The van der Waals surface area contributed by atoms with Gasteiger partial charge in [-0.25, -0.2) is 9.69 Å². The first kappa shape index (κ1) is 26.0. The number of carbonyl (C=O) groups excluding carboxylic acids is 4. The van der Waals surface area contributed by atoms with Crippen molar-refractivity contribution in [2.75, 3.05) is 16.8 Å². The number of nitrogens with zero attached hydrogens (tertiary/aromatic N) is 2. The van der Waals surface area contributed by atoms with Gasteiger partial charge in [0.25, 0.3) is 23.4 Å². The van der Waals surface area contributed by atoms with Crippen LogP contribution in [0.3, 0.4) is 0 Å². The third-order valence-electron chi connectivity index (χ3n) is 5.40. The molecule has 12 heteroatoms. The lowest BCUT2D eigenvalue weighted by atomic mass is 10.1. The average Bonchev–Trinajstić information content (AvgIpc) is 2.88. The molecule has 0 aromatic heterocycles. The lowest BCUT2D eigenvalue weighted by Gasteiger charge is -2.26. The Kier molecular flexibility index (Phi) is 7.49. The van der Waals surface area contributed by atoms with Crippen molar-refractivity contribution in [3.8, 4) is 5.75 Å². The van der Waals surface area contributed by atoms with E-state index in [4.69, 9.17) is 16.3 Å². The molecule has 3 aromatic carbocycles. The Morgan fingerprint density at radius 2 is 1.87 bits per heavy atom. The Morgan fingerprint density at radius 3 is 2.61 bits per heavy atom.